The smallest absolute Gasteiger partial charge is 0.407 e. The number of para-hydroxylation sites is 1. The fourth-order valence-electron chi connectivity index (χ4n) is 6.00. The highest BCUT2D eigenvalue weighted by molar-refractivity contribution is 5.98. The Morgan fingerprint density at radius 1 is 0.980 bits per heavy atom. The van der Waals surface area contributed by atoms with E-state index in [1.54, 1.807) is 29.0 Å². The molecule has 49 heavy (non-hydrogen) atoms. The van der Waals surface area contributed by atoms with E-state index in [0.717, 1.165) is 16.7 Å². The van der Waals surface area contributed by atoms with Crippen molar-refractivity contribution in [3.05, 3.63) is 132 Å². The Kier molecular flexibility index (Phi) is 10.9. The standard InChI is InChI=1S/C37H39N7O5/c1-48-37(47)42-34(33(26-12-4-2-5-13-26)27-14-6-3-7-15-27)36(46)41-30-16-9-8-11-25(30)17-18-29-23-39-28(24-49-29)22-40-35(45)31-21-32-38-19-10-20-44(32)43-31/h2-16,19-21,28-29,33-34,39H,17-18,22-24H2,1H3,(H,40,45)(H,41,46)(H,42,47)/t28-,29-,34+/m1/s1. The number of fused-ring (bicyclic) bond motifs is 1. The molecule has 1 fully saturated rings. The molecule has 3 aromatic carbocycles. The lowest BCUT2D eigenvalue weighted by Crippen LogP contribution is -2.51. The minimum Gasteiger partial charge on any atom is -0.453 e. The van der Waals surface area contributed by atoms with E-state index in [0.29, 0.717) is 49.6 Å². The van der Waals surface area contributed by atoms with Crippen LogP contribution in [-0.4, -0.2) is 77.5 Å². The third-order valence-corrected chi connectivity index (χ3v) is 8.55. The summed E-state index contributed by atoms with van der Waals surface area (Å²) in [5, 5.41) is 16.5. The van der Waals surface area contributed by atoms with E-state index in [1.807, 2.05) is 84.9 Å². The van der Waals surface area contributed by atoms with Crippen LogP contribution in [0.1, 0.15) is 39.5 Å². The Bertz CT molecular complexity index is 1790. The highest BCUT2D eigenvalue weighted by Gasteiger charge is 2.33. The van der Waals surface area contributed by atoms with Gasteiger partial charge in [0.25, 0.3) is 5.91 Å². The Labute approximate surface area is 284 Å². The van der Waals surface area contributed by atoms with Gasteiger partial charge in [0, 0.05) is 49.2 Å². The van der Waals surface area contributed by atoms with E-state index in [-0.39, 0.29) is 24.0 Å². The van der Waals surface area contributed by atoms with Gasteiger partial charge < -0.3 is 30.7 Å². The molecule has 4 N–H and O–H groups in total. The number of methoxy groups -OCH3 is 1. The molecule has 12 nitrogen and oxygen atoms in total. The quantitative estimate of drug-likeness (QED) is 0.157. The highest BCUT2D eigenvalue weighted by Crippen LogP contribution is 2.30. The monoisotopic (exact) mass is 661 g/mol. The fraction of sp³-hybridized carbons (Fsp3) is 0.270. The lowest BCUT2D eigenvalue weighted by atomic mass is 9.84. The van der Waals surface area contributed by atoms with Crippen LogP contribution in [0.5, 0.6) is 0 Å². The van der Waals surface area contributed by atoms with Crippen LogP contribution in [0.2, 0.25) is 0 Å². The molecule has 5 aromatic rings. The predicted octanol–water partition coefficient (Wildman–Crippen LogP) is 3.94. The first-order valence-corrected chi connectivity index (χ1v) is 16.2. The molecule has 0 spiro atoms. The average Bonchev–Trinajstić information content (AvgIpc) is 3.59. The van der Waals surface area contributed by atoms with Crippen LogP contribution in [0.4, 0.5) is 10.5 Å². The summed E-state index contributed by atoms with van der Waals surface area (Å²) in [7, 11) is 1.28. The number of aryl methyl sites for hydroxylation is 1. The molecule has 3 amide bonds. The van der Waals surface area contributed by atoms with Gasteiger partial charge in [-0.25, -0.2) is 14.3 Å². The number of hydrogen-bond donors (Lipinski definition) is 4. The van der Waals surface area contributed by atoms with Crippen molar-refractivity contribution < 1.29 is 23.9 Å². The fourth-order valence-corrected chi connectivity index (χ4v) is 6.00. The van der Waals surface area contributed by atoms with Gasteiger partial charge in [0.05, 0.1) is 19.8 Å². The maximum absolute atomic E-state index is 14.0. The largest absolute Gasteiger partial charge is 0.453 e. The molecule has 1 saturated heterocycles. The van der Waals surface area contributed by atoms with Crippen LogP contribution in [0, 0.1) is 0 Å². The number of morpholine rings is 1. The third-order valence-electron chi connectivity index (χ3n) is 8.55. The van der Waals surface area contributed by atoms with Crippen molar-refractivity contribution in [2.24, 2.45) is 0 Å². The summed E-state index contributed by atoms with van der Waals surface area (Å²) in [5.41, 5.74) is 4.29. The molecular formula is C37H39N7O5. The molecular weight excluding hydrogens is 622 g/mol. The molecule has 252 valence electrons. The van der Waals surface area contributed by atoms with Crippen molar-refractivity contribution in [2.75, 3.05) is 32.1 Å². The van der Waals surface area contributed by atoms with Crippen molar-refractivity contribution >= 4 is 29.2 Å². The molecule has 2 aromatic heterocycles. The molecule has 0 saturated carbocycles. The molecule has 0 unspecified atom stereocenters. The van der Waals surface area contributed by atoms with Crippen LogP contribution in [0.25, 0.3) is 5.65 Å². The van der Waals surface area contributed by atoms with Gasteiger partial charge in [-0.15, -0.1) is 0 Å². The number of anilines is 1. The first-order valence-electron chi connectivity index (χ1n) is 16.2. The van der Waals surface area contributed by atoms with E-state index < -0.39 is 18.1 Å². The van der Waals surface area contributed by atoms with Crippen molar-refractivity contribution in [2.45, 2.75) is 36.9 Å². The molecule has 0 radical (unpaired) electrons. The molecule has 1 aliphatic heterocycles. The summed E-state index contributed by atoms with van der Waals surface area (Å²) in [6, 6.07) is 29.3. The van der Waals surface area contributed by atoms with Gasteiger partial charge in [-0.2, -0.15) is 5.10 Å². The first-order chi connectivity index (χ1) is 24.0. The third kappa shape index (κ3) is 8.47. The number of nitrogens with zero attached hydrogens (tertiary/aromatic N) is 3. The number of hydrogen-bond acceptors (Lipinski definition) is 8. The van der Waals surface area contributed by atoms with Crippen molar-refractivity contribution in [1.29, 1.82) is 0 Å². The normalized spacial score (nSPS) is 16.5. The lowest BCUT2D eigenvalue weighted by molar-refractivity contribution is -0.118. The molecule has 3 atom stereocenters. The summed E-state index contributed by atoms with van der Waals surface area (Å²) in [6.07, 6.45) is 4.03. The van der Waals surface area contributed by atoms with Crippen LogP contribution in [0.3, 0.4) is 0 Å². The second kappa shape index (κ2) is 16.0. The molecule has 0 bridgehead atoms. The zero-order valence-electron chi connectivity index (χ0n) is 27.1. The number of alkyl carbamates (subject to hydrolysis) is 1. The van der Waals surface area contributed by atoms with E-state index in [4.69, 9.17) is 9.47 Å². The van der Waals surface area contributed by atoms with Crippen LogP contribution >= 0.6 is 0 Å². The van der Waals surface area contributed by atoms with Gasteiger partial charge in [-0.05, 0) is 41.7 Å². The average molecular weight is 662 g/mol. The number of rotatable bonds is 12. The summed E-state index contributed by atoms with van der Waals surface area (Å²) in [4.78, 5) is 43.4. The first kappa shape index (κ1) is 33.3. The summed E-state index contributed by atoms with van der Waals surface area (Å²) >= 11 is 0. The molecule has 3 heterocycles. The number of carbonyl (C=O) groups is 3. The zero-order valence-corrected chi connectivity index (χ0v) is 27.1. The second-order valence-corrected chi connectivity index (χ2v) is 11.8. The van der Waals surface area contributed by atoms with Gasteiger partial charge in [0.15, 0.2) is 11.3 Å². The SMILES string of the molecule is COC(=O)N[C@H](C(=O)Nc1ccccc1CC[C@@H]1CN[C@H](CNC(=O)c2cc3ncccn3n2)CO1)C(c1ccccc1)c1ccccc1. The Morgan fingerprint density at radius 2 is 1.69 bits per heavy atom. The highest BCUT2D eigenvalue weighted by atomic mass is 16.5. The summed E-state index contributed by atoms with van der Waals surface area (Å²) in [6.45, 7) is 1.46. The van der Waals surface area contributed by atoms with E-state index >= 15 is 0 Å². The van der Waals surface area contributed by atoms with Crippen LogP contribution in [-0.2, 0) is 20.7 Å². The van der Waals surface area contributed by atoms with Crippen molar-refractivity contribution in [3.8, 4) is 0 Å². The van der Waals surface area contributed by atoms with Crippen LogP contribution < -0.4 is 21.3 Å². The topological polar surface area (TPSA) is 148 Å². The van der Waals surface area contributed by atoms with Gasteiger partial charge >= 0.3 is 6.09 Å². The van der Waals surface area contributed by atoms with E-state index in [1.165, 1.54) is 7.11 Å². The summed E-state index contributed by atoms with van der Waals surface area (Å²) in [5.74, 6) is -1.10. The maximum atomic E-state index is 14.0. The molecule has 6 rings (SSSR count). The van der Waals surface area contributed by atoms with E-state index in [9.17, 15) is 14.4 Å². The number of nitrogens with one attached hydrogen (secondary N) is 4. The van der Waals surface area contributed by atoms with Crippen molar-refractivity contribution in [3.63, 3.8) is 0 Å². The zero-order chi connectivity index (χ0) is 34.0. The van der Waals surface area contributed by atoms with E-state index in [2.05, 4.69) is 31.3 Å². The maximum Gasteiger partial charge on any atom is 0.407 e. The Balaban J connectivity index is 1.06. The molecule has 0 aliphatic carbocycles. The lowest BCUT2D eigenvalue weighted by Gasteiger charge is -2.31. The predicted molar refractivity (Wildman–Crippen MR) is 184 cm³/mol. The van der Waals surface area contributed by atoms with Gasteiger partial charge in [-0.3, -0.25) is 9.59 Å². The number of benzene rings is 3. The number of aromatic nitrogens is 3. The number of amides is 3. The van der Waals surface area contributed by atoms with Gasteiger partial charge in [0.2, 0.25) is 5.91 Å². The summed E-state index contributed by atoms with van der Waals surface area (Å²) < 4.78 is 12.6. The Morgan fingerprint density at radius 3 is 2.37 bits per heavy atom. The van der Waals surface area contributed by atoms with Gasteiger partial charge in [-0.1, -0.05) is 78.9 Å². The Hall–Kier alpha value is -5.59. The number of carbonyl (C=O) groups excluding carboxylic acids is 3. The number of ether oxygens (including phenoxy) is 2. The molecule has 12 heteroatoms. The second-order valence-electron chi connectivity index (χ2n) is 11.8. The van der Waals surface area contributed by atoms with Gasteiger partial charge in [0.1, 0.15) is 6.04 Å². The van der Waals surface area contributed by atoms with Crippen molar-refractivity contribution in [1.82, 2.24) is 30.5 Å². The van der Waals surface area contributed by atoms with Crippen LogP contribution in [0.15, 0.2) is 109 Å². The minimum absolute atomic E-state index is 0.0386. The minimum atomic E-state index is -0.960. The molecule has 1 aliphatic rings.